The van der Waals surface area contributed by atoms with Crippen LogP contribution in [0.4, 0.5) is 0 Å². The molecule has 4 heteroatoms. The molecule has 0 radical (unpaired) electrons. The molecule has 0 saturated carbocycles. The second-order valence-electron chi connectivity index (χ2n) is 8.19. The first-order valence-electron chi connectivity index (χ1n) is 9.99. The predicted octanol–water partition coefficient (Wildman–Crippen LogP) is 4.74. The summed E-state index contributed by atoms with van der Waals surface area (Å²) in [6, 6.07) is 15.2. The van der Waals surface area contributed by atoms with Crippen LogP contribution in [0.5, 0.6) is 0 Å². The molecule has 1 aliphatic rings. The summed E-state index contributed by atoms with van der Waals surface area (Å²) in [6.07, 6.45) is 4.92. The van der Waals surface area contributed by atoms with Crippen LogP contribution in [0.3, 0.4) is 0 Å². The minimum absolute atomic E-state index is 0.0313. The monoisotopic (exact) mass is 385 g/mol. The van der Waals surface area contributed by atoms with E-state index >= 15 is 0 Å². The van der Waals surface area contributed by atoms with E-state index < -0.39 is 0 Å². The highest BCUT2D eigenvalue weighted by atomic mass is 32.1. The number of hydrogen-bond acceptors (Lipinski definition) is 3. The van der Waals surface area contributed by atoms with Crippen LogP contribution in [0.2, 0.25) is 0 Å². The van der Waals surface area contributed by atoms with E-state index in [4.69, 9.17) is 4.74 Å². The number of morpholine rings is 1. The molecular formula is C23H31NO2S. The van der Waals surface area contributed by atoms with Gasteiger partial charge in [-0.15, -0.1) is 11.3 Å². The fourth-order valence-corrected chi connectivity index (χ4v) is 4.50. The summed E-state index contributed by atoms with van der Waals surface area (Å²) in [5.41, 5.74) is 1.43. The van der Waals surface area contributed by atoms with Gasteiger partial charge in [-0.1, -0.05) is 44.2 Å². The normalized spacial score (nSPS) is 15.1. The minimum Gasteiger partial charge on any atom is -0.378 e. The molecule has 1 aliphatic heterocycles. The topological polar surface area (TPSA) is 29.5 Å². The van der Waals surface area contributed by atoms with E-state index in [0.717, 1.165) is 38.8 Å². The second kappa shape index (κ2) is 9.52. The number of benzene rings is 1. The van der Waals surface area contributed by atoms with E-state index in [2.05, 4.69) is 56.3 Å². The molecule has 1 aromatic carbocycles. The van der Waals surface area contributed by atoms with Crippen LogP contribution in [0.15, 0.2) is 42.5 Å². The Kier molecular flexibility index (Phi) is 7.08. The van der Waals surface area contributed by atoms with Gasteiger partial charge in [0.15, 0.2) is 0 Å². The van der Waals surface area contributed by atoms with Crippen molar-refractivity contribution in [3.63, 3.8) is 0 Å². The fourth-order valence-electron chi connectivity index (χ4n) is 3.49. The lowest BCUT2D eigenvalue weighted by molar-refractivity contribution is -0.137. The van der Waals surface area contributed by atoms with Gasteiger partial charge in [-0.2, -0.15) is 0 Å². The Morgan fingerprint density at radius 3 is 2.37 bits per heavy atom. The lowest BCUT2D eigenvalue weighted by atomic mass is 9.83. The molecule has 2 aromatic rings. The van der Waals surface area contributed by atoms with E-state index in [9.17, 15) is 4.79 Å². The summed E-state index contributed by atoms with van der Waals surface area (Å²) in [7, 11) is 0. The fraction of sp³-hybridized carbons (Fsp3) is 0.522. The van der Waals surface area contributed by atoms with Gasteiger partial charge < -0.3 is 9.64 Å². The van der Waals surface area contributed by atoms with Crippen molar-refractivity contribution >= 4 is 17.2 Å². The van der Waals surface area contributed by atoms with Crippen LogP contribution >= 0.6 is 11.3 Å². The molecular weight excluding hydrogens is 354 g/mol. The average Bonchev–Trinajstić information content (AvgIpc) is 3.14. The van der Waals surface area contributed by atoms with Crippen LogP contribution in [0.25, 0.3) is 0 Å². The molecule has 146 valence electrons. The van der Waals surface area contributed by atoms with Gasteiger partial charge in [0.1, 0.15) is 0 Å². The molecule has 0 bridgehead atoms. The molecule has 1 aromatic heterocycles. The molecule has 0 aliphatic carbocycles. The van der Waals surface area contributed by atoms with Crippen molar-refractivity contribution < 1.29 is 9.53 Å². The highest BCUT2D eigenvalue weighted by molar-refractivity contribution is 7.11. The number of hydrogen-bond donors (Lipinski definition) is 0. The van der Waals surface area contributed by atoms with Crippen molar-refractivity contribution in [3.05, 3.63) is 57.8 Å². The van der Waals surface area contributed by atoms with Gasteiger partial charge in [-0.05, 0) is 48.8 Å². The molecule has 1 amide bonds. The summed E-state index contributed by atoms with van der Waals surface area (Å²) >= 11 is 1.93. The van der Waals surface area contributed by atoms with Gasteiger partial charge in [-0.25, -0.2) is 0 Å². The van der Waals surface area contributed by atoms with Gasteiger partial charge in [-0.3, -0.25) is 4.79 Å². The number of aryl methyl sites for hydroxylation is 3. The Morgan fingerprint density at radius 1 is 1.00 bits per heavy atom. The lowest BCUT2D eigenvalue weighted by Crippen LogP contribution is -2.42. The van der Waals surface area contributed by atoms with Crippen LogP contribution in [0, 0.1) is 5.41 Å². The molecule has 0 unspecified atom stereocenters. The lowest BCUT2D eigenvalue weighted by Gasteiger charge is -2.31. The number of carbonyl (C=O) groups excluding carboxylic acids is 1. The molecule has 2 heterocycles. The van der Waals surface area contributed by atoms with Crippen molar-refractivity contribution in [2.75, 3.05) is 26.3 Å². The number of thiophene rings is 1. The Labute approximate surface area is 167 Å². The summed E-state index contributed by atoms with van der Waals surface area (Å²) in [4.78, 5) is 17.4. The summed E-state index contributed by atoms with van der Waals surface area (Å²) < 4.78 is 5.34. The SMILES string of the molecule is CC(C)(CCc1ccc(CCc2ccccc2)s1)CC(=O)N1CCOCC1. The third-order valence-corrected chi connectivity index (χ3v) is 6.47. The number of nitrogens with zero attached hydrogens (tertiary/aromatic N) is 1. The zero-order chi connectivity index (χ0) is 19.1. The van der Waals surface area contributed by atoms with Crippen LogP contribution in [-0.4, -0.2) is 37.1 Å². The quantitative estimate of drug-likeness (QED) is 0.657. The zero-order valence-corrected chi connectivity index (χ0v) is 17.4. The van der Waals surface area contributed by atoms with Crippen molar-refractivity contribution in [3.8, 4) is 0 Å². The summed E-state index contributed by atoms with van der Waals surface area (Å²) in [6.45, 7) is 7.26. The second-order valence-corrected chi connectivity index (χ2v) is 9.44. The Hall–Kier alpha value is -1.65. The third-order valence-electron chi connectivity index (χ3n) is 5.26. The van der Waals surface area contributed by atoms with Gasteiger partial charge in [0.25, 0.3) is 0 Å². The molecule has 27 heavy (non-hydrogen) atoms. The first-order valence-corrected chi connectivity index (χ1v) is 10.8. The first-order chi connectivity index (χ1) is 13.0. The van der Waals surface area contributed by atoms with Crippen LogP contribution < -0.4 is 0 Å². The molecule has 0 spiro atoms. The third kappa shape index (κ3) is 6.47. The number of rotatable bonds is 8. The highest BCUT2D eigenvalue weighted by Crippen LogP contribution is 2.30. The van der Waals surface area contributed by atoms with E-state index in [1.165, 1.54) is 15.3 Å². The average molecular weight is 386 g/mol. The summed E-state index contributed by atoms with van der Waals surface area (Å²) in [5, 5.41) is 0. The zero-order valence-electron chi connectivity index (χ0n) is 16.6. The largest absolute Gasteiger partial charge is 0.378 e. The standard InChI is InChI=1S/C23H31NO2S/c1-23(2,18-22(25)24-14-16-26-17-15-24)13-12-21-11-10-20(27-21)9-8-19-6-4-3-5-7-19/h3-7,10-11H,8-9,12-18H2,1-2H3. The van der Waals surface area contributed by atoms with Crippen molar-refractivity contribution in [1.29, 1.82) is 0 Å². The highest BCUT2D eigenvalue weighted by Gasteiger charge is 2.26. The van der Waals surface area contributed by atoms with Crippen LogP contribution in [0.1, 0.15) is 42.0 Å². The Morgan fingerprint density at radius 2 is 1.67 bits per heavy atom. The minimum atomic E-state index is 0.0313. The van der Waals surface area contributed by atoms with E-state index in [1.54, 1.807) is 0 Å². The first kappa shape index (κ1) is 20.1. The predicted molar refractivity (Wildman–Crippen MR) is 112 cm³/mol. The molecule has 1 fully saturated rings. The van der Waals surface area contributed by atoms with Gasteiger partial charge in [0.05, 0.1) is 13.2 Å². The van der Waals surface area contributed by atoms with Crippen LogP contribution in [-0.2, 0) is 28.8 Å². The van der Waals surface area contributed by atoms with Gasteiger partial charge in [0, 0.05) is 29.3 Å². The number of carbonyl (C=O) groups is 1. The van der Waals surface area contributed by atoms with E-state index in [0.29, 0.717) is 19.6 Å². The van der Waals surface area contributed by atoms with Crippen molar-refractivity contribution in [2.45, 2.75) is 46.0 Å². The van der Waals surface area contributed by atoms with E-state index in [-0.39, 0.29) is 11.3 Å². The number of amides is 1. The van der Waals surface area contributed by atoms with Gasteiger partial charge >= 0.3 is 0 Å². The maximum atomic E-state index is 12.5. The maximum Gasteiger partial charge on any atom is 0.223 e. The van der Waals surface area contributed by atoms with Crippen molar-refractivity contribution in [2.24, 2.45) is 5.41 Å². The molecule has 0 N–H and O–H groups in total. The smallest absolute Gasteiger partial charge is 0.223 e. The Balaban J connectivity index is 1.44. The molecule has 3 rings (SSSR count). The van der Waals surface area contributed by atoms with Crippen molar-refractivity contribution in [1.82, 2.24) is 4.90 Å². The van der Waals surface area contributed by atoms with Gasteiger partial charge in [0.2, 0.25) is 5.91 Å². The molecule has 1 saturated heterocycles. The summed E-state index contributed by atoms with van der Waals surface area (Å²) in [5.74, 6) is 0.276. The maximum absolute atomic E-state index is 12.5. The molecule has 3 nitrogen and oxygen atoms in total. The Bertz CT molecular complexity index is 717. The molecule has 0 atom stereocenters. The number of ether oxygens (including phenoxy) is 1. The van der Waals surface area contributed by atoms with E-state index in [1.807, 2.05) is 16.2 Å².